The summed E-state index contributed by atoms with van der Waals surface area (Å²) in [6, 6.07) is 17.6. The number of nitrogens with zero attached hydrogens (tertiary/aromatic N) is 1. The molecule has 2 aromatic carbocycles. The summed E-state index contributed by atoms with van der Waals surface area (Å²) in [5.41, 5.74) is 1.37. The van der Waals surface area contributed by atoms with E-state index >= 15 is 0 Å². The molecular formula is C18H21NO2. The Labute approximate surface area is 125 Å². The van der Waals surface area contributed by atoms with Crippen LogP contribution in [-0.2, 0) is 6.54 Å². The molecule has 0 radical (unpaired) electrons. The largest absolute Gasteiger partial charge is 0.508 e. The second-order valence-electron chi connectivity index (χ2n) is 5.58. The van der Waals surface area contributed by atoms with E-state index in [2.05, 4.69) is 35.2 Å². The van der Waals surface area contributed by atoms with E-state index in [0.29, 0.717) is 0 Å². The van der Waals surface area contributed by atoms with Gasteiger partial charge in [0.2, 0.25) is 0 Å². The highest BCUT2D eigenvalue weighted by Gasteiger charge is 2.20. The molecule has 1 aliphatic rings. The van der Waals surface area contributed by atoms with Crippen LogP contribution in [0.25, 0.3) is 0 Å². The van der Waals surface area contributed by atoms with Gasteiger partial charge in [-0.1, -0.05) is 36.4 Å². The molecule has 0 bridgehead atoms. The van der Waals surface area contributed by atoms with Gasteiger partial charge in [-0.2, -0.15) is 0 Å². The number of piperidine rings is 1. The number of hydrogen-bond acceptors (Lipinski definition) is 3. The molecule has 1 fully saturated rings. The van der Waals surface area contributed by atoms with E-state index in [9.17, 15) is 5.11 Å². The van der Waals surface area contributed by atoms with E-state index in [0.717, 1.165) is 38.2 Å². The molecule has 1 saturated heterocycles. The summed E-state index contributed by atoms with van der Waals surface area (Å²) in [6.45, 7) is 3.12. The van der Waals surface area contributed by atoms with Crippen LogP contribution in [0, 0.1) is 0 Å². The molecule has 0 aromatic heterocycles. The summed E-state index contributed by atoms with van der Waals surface area (Å²) in [7, 11) is 0. The van der Waals surface area contributed by atoms with E-state index in [1.807, 2.05) is 12.1 Å². The third-order valence-corrected chi connectivity index (χ3v) is 3.90. The quantitative estimate of drug-likeness (QED) is 0.933. The van der Waals surface area contributed by atoms with Crippen LogP contribution in [0.4, 0.5) is 0 Å². The van der Waals surface area contributed by atoms with Gasteiger partial charge < -0.3 is 9.84 Å². The van der Waals surface area contributed by atoms with Gasteiger partial charge in [0, 0.05) is 25.7 Å². The Morgan fingerprint density at radius 1 is 1.00 bits per heavy atom. The highest BCUT2D eigenvalue weighted by Crippen LogP contribution is 2.23. The minimum Gasteiger partial charge on any atom is -0.508 e. The minimum absolute atomic E-state index is 0.249. The zero-order valence-corrected chi connectivity index (χ0v) is 12.1. The summed E-state index contributed by atoms with van der Waals surface area (Å²) in [5, 5.41) is 9.46. The maximum Gasteiger partial charge on any atom is 0.123 e. The fourth-order valence-electron chi connectivity index (χ4n) is 2.78. The number of phenols is 1. The van der Waals surface area contributed by atoms with Crippen LogP contribution in [0.15, 0.2) is 54.6 Å². The lowest BCUT2D eigenvalue weighted by atomic mass is 10.1. The van der Waals surface area contributed by atoms with E-state index < -0.39 is 0 Å². The molecule has 0 amide bonds. The molecule has 0 aliphatic carbocycles. The van der Waals surface area contributed by atoms with Crippen molar-refractivity contribution in [1.29, 1.82) is 0 Å². The van der Waals surface area contributed by atoms with Crippen LogP contribution in [0.2, 0.25) is 0 Å². The molecule has 1 N–H and O–H groups in total. The van der Waals surface area contributed by atoms with E-state index in [1.165, 1.54) is 5.56 Å². The van der Waals surface area contributed by atoms with Gasteiger partial charge in [0.1, 0.15) is 17.6 Å². The van der Waals surface area contributed by atoms with E-state index in [1.54, 1.807) is 12.1 Å². The lowest BCUT2D eigenvalue weighted by Gasteiger charge is -2.32. The van der Waals surface area contributed by atoms with Crippen LogP contribution in [-0.4, -0.2) is 29.2 Å². The van der Waals surface area contributed by atoms with Crippen molar-refractivity contribution in [2.75, 3.05) is 13.1 Å². The van der Waals surface area contributed by atoms with Crippen molar-refractivity contribution >= 4 is 0 Å². The molecule has 3 heteroatoms. The molecule has 0 spiro atoms. The first-order chi connectivity index (χ1) is 10.3. The van der Waals surface area contributed by atoms with Crippen molar-refractivity contribution < 1.29 is 9.84 Å². The summed E-state index contributed by atoms with van der Waals surface area (Å²) in [5.74, 6) is 1.02. The molecule has 1 heterocycles. The number of ether oxygens (including phenoxy) is 1. The molecule has 0 saturated carbocycles. The van der Waals surface area contributed by atoms with Crippen molar-refractivity contribution in [3.8, 4) is 11.5 Å². The number of rotatable bonds is 4. The topological polar surface area (TPSA) is 32.7 Å². The lowest BCUT2D eigenvalue weighted by Crippen LogP contribution is -2.37. The number of phenolic OH excluding ortho intramolecular Hbond substituents is 1. The molecular weight excluding hydrogens is 262 g/mol. The third kappa shape index (κ3) is 3.99. The van der Waals surface area contributed by atoms with Gasteiger partial charge in [0.15, 0.2) is 0 Å². The maximum absolute atomic E-state index is 9.46. The Morgan fingerprint density at radius 2 is 1.76 bits per heavy atom. The second-order valence-corrected chi connectivity index (χ2v) is 5.58. The normalized spacial score (nSPS) is 16.8. The number of aromatic hydroxyl groups is 1. The molecule has 110 valence electrons. The standard InChI is InChI=1S/C18H21NO2/c20-16-7-4-8-18(13-16)21-17-9-11-19(12-10-17)14-15-5-2-1-3-6-15/h1-8,13,17,20H,9-12,14H2. The highest BCUT2D eigenvalue weighted by atomic mass is 16.5. The summed E-state index contributed by atoms with van der Waals surface area (Å²) in [4.78, 5) is 2.47. The minimum atomic E-state index is 0.249. The monoisotopic (exact) mass is 283 g/mol. The Hall–Kier alpha value is -2.00. The maximum atomic E-state index is 9.46. The average Bonchev–Trinajstić information content (AvgIpc) is 2.50. The molecule has 1 aliphatic heterocycles. The third-order valence-electron chi connectivity index (χ3n) is 3.90. The predicted octanol–water partition coefficient (Wildman–Crippen LogP) is 3.44. The van der Waals surface area contributed by atoms with Gasteiger partial charge in [0.25, 0.3) is 0 Å². The predicted molar refractivity (Wildman–Crippen MR) is 83.5 cm³/mol. The average molecular weight is 283 g/mol. The Morgan fingerprint density at radius 3 is 2.48 bits per heavy atom. The van der Waals surface area contributed by atoms with Crippen molar-refractivity contribution in [3.05, 3.63) is 60.2 Å². The van der Waals surface area contributed by atoms with Crippen LogP contribution < -0.4 is 4.74 Å². The van der Waals surface area contributed by atoms with Crippen LogP contribution in [0.1, 0.15) is 18.4 Å². The molecule has 0 atom stereocenters. The molecule has 21 heavy (non-hydrogen) atoms. The summed E-state index contributed by atoms with van der Waals surface area (Å²) < 4.78 is 5.95. The van der Waals surface area contributed by atoms with Gasteiger partial charge in [-0.25, -0.2) is 0 Å². The van der Waals surface area contributed by atoms with Crippen molar-refractivity contribution in [3.63, 3.8) is 0 Å². The van der Waals surface area contributed by atoms with Crippen molar-refractivity contribution in [1.82, 2.24) is 4.90 Å². The first-order valence-corrected chi connectivity index (χ1v) is 7.51. The van der Waals surface area contributed by atoms with Crippen molar-refractivity contribution in [2.24, 2.45) is 0 Å². The first-order valence-electron chi connectivity index (χ1n) is 7.51. The second kappa shape index (κ2) is 6.64. The van der Waals surface area contributed by atoms with Crippen LogP contribution >= 0.6 is 0 Å². The first kappa shape index (κ1) is 14.0. The molecule has 3 rings (SSSR count). The van der Waals surface area contributed by atoms with Gasteiger partial charge in [-0.3, -0.25) is 4.90 Å². The lowest BCUT2D eigenvalue weighted by molar-refractivity contribution is 0.0966. The number of benzene rings is 2. The van der Waals surface area contributed by atoms with Crippen LogP contribution in [0.5, 0.6) is 11.5 Å². The van der Waals surface area contributed by atoms with E-state index in [-0.39, 0.29) is 11.9 Å². The van der Waals surface area contributed by atoms with Gasteiger partial charge in [-0.15, -0.1) is 0 Å². The zero-order chi connectivity index (χ0) is 14.5. The molecule has 3 nitrogen and oxygen atoms in total. The van der Waals surface area contributed by atoms with E-state index in [4.69, 9.17) is 4.74 Å². The van der Waals surface area contributed by atoms with Crippen molar-refractivity contribution in [2.45, 2.75) is 25.5 Å². The molecule has 0 unspecified atom stereocenters. The SMILES string of the molecule is Oc1cccc(OC2CCN(Cc3ccccc3)CC2)c1. The highest BCUT2D eigenvalue weighted by molar-refractivity contribution is 5.31. The Balaban J connectivity index is 1.49. The Kier molecular flexibility index (Phi) is 4.41. The zero-order valence-electron chi connectivity index (χ0n) is 12.1. The Bertz CT molecular complexity index is 562. The van der Waals surface area contributed by atoms with Gasteiger partial charge in [0.05, 0.1) is 0 Å². The fraction of sp³-hybridized carbons (Fsp3) is 0.333. The number of hydrogen-bond donors (Lipinski definition) is 1. The summed E-state index contributed by atoms with van der Waals surface area (Å²) >= 11 is 0. The fourth-order valence-corrected chi connectivity index (χ4v) is 2.78. The van der Waals surface area contributed by atoms with Gasteiger partial charge in [-0.05, 0) is 30.5 Å². The molecule has 2 aromatic rings. The van der Waals surface area contributed by atoms with Gasteiger partial charge >= 0.3 is 0 Å². The van der Waals surface area contributed by atoms with Crippen LogP contribution in [0.3, 0.4) is 0 Å². The smallest absolute Gasteiger partial charge is 0.123 e. The number of likely N-dealkylation sites (tertiary alicyclic amines) is 1. The summed E-state index contributed by atoms with van der Waals surface area (Å²) in [6.07, 6.45) is 2.31.